The highest BCUT2D eigenvalue weighted by Crippen LogP contribution is 2.13. The first-order valence-electron chi connectivity index (χ1n) is 9.70. The van der Waals surface area contributed by atoms with Gasteiger partial charge >= 0.3 is 0 Å². The molecule has 0 aromatic carbocycles. The van der Waals surface area contributed by atoms with E-state index in [1.54, 1.807) is 0 Å². The molecule has 148 valence electrons. The van der Waals surface area contributed by atoms with Gasteiger partial charge in [0, 0.05) is 39.3 Å². The van der Waals surface area contributed by atoms with Crippen LogP contribution in [0.25, 0.3) is 0 Å². The standard InChI is InChI=1S/C18H35N7O/c1-6-19-18(21-13-17-23-22-15(4)24(17)5)20-12-16(11-14(2)3)25-7-9-26-10-8-25/h14,16H,6-13H2,1-5H3,(H2,19,20,21). The maximum Gasteiger partial charge on any atom is 0.191 e. The fraction of sp³-hybridized carbons (Fsp3) is 0.833. The first kappa shape index (κ1) is 20.6. The maximum atomic E-state index is 5.51. The summed E-state index contributed by atoms with van der Waals surface area (Å²) in [5, 5.41) is 15.1. The Labute approximate surface area is 157 Å². The van der Waals surface area contributed by atoms with Crippen LogP contribution < -0.4 is 10.6 Å². The summed E-state index contributed by atoms with van der Waals surface area (Å²) in [5.41, 5.74) is 0. The Bertz CT molecular complexity index is 564. The van der Waals surface area contributed by atoms with Gasteiger partial charge in [-0.1, -0.05) is 13.8 Å². The number of nitrogens with zero attached hydrogens (tertiary/aromatic N) is 5. The molecule has 26 heavy (non-hydrogen) atoms. The Hall–Kier alpha value is -1.67. The van der Waals surface area contributed by atoms with Gasteiger partial charge in [-0.25, -0.2) is 4.99 Å². The Morgan fingerprint density at radius 3 is 2.54 bits per heavy atom. The molecule has 8 heteroatoms. The quantitative estimate of drug-likeness (QED) is 0.527. The molecule has 2 rings (SSSR count). The second kappa shape index (κ2) is 10.5. The molecular formula is C18H35N7O. The third kappa shape index (κ3) is 6.25. The zero-order valence-corrected chi connectivity index (χ0v) is 17.0. The fourth-order valence-electron chi connectivity index (χ4n) is 3.14. The lowest BCUT2D eigenvalue weighted by Gasteiger charge is -2.35. The SMILES string of the molecule is CCNC(=NCc1nnc(C)n1C)NCC(CC(C)C)N1CCOCC1. The topological polar surface area (TPSA) is 79.6 Å². The first-order chi connectivity index (χ1) is 12.5. The normalized spacial score (nSPS) is 17.5. The second-order valence-corrected chi connectivity index (χ2v) is 7.23. The molecule has 1 aromatic rings. The van der Waals surface area contributed by atoms with Crippen LogP contribution in [0.5, 0.6) is 0 Å². The van der Waals surface area contributed by atoms with Gasteiger partial charge in [-0.15, -0.1) is 10.2 Å². The van der Waals surface area contributed by atoms with Gasteiger partial charge in [-0.2, -0.15) is 0 Å². The highest BCUT2D eigenvalue weighted by atomic mass is 16.5. The van der Waals surface area contributed by atoms with E-state index in [9.17, 15) is 0 Å². The van der Waals surface area contributed by atoms with Gasteiger partial charge in [0.25, 0.3) is 0 Å². The summed E-state index contributed by atoms with van der Waals surface area (Å²) in [6.45, 7) is 14.5. The van der Waals surface area contributed by atoms with Crippen LogP contribution in [0, 0.1) is 12.8 Å². The van der Waals surface area contributed by atoms with E-state index < -0.39 is 0 Å². The third-order valence-corrected chi connectivity index (χ3v) is 4.72. The number of hydrogen-bond acceptors (Lipinski definition) is 5. The molecule has 1 unspecified atom stereocenters. The molecule has 1 aromatic heterocycles. The lowest BCUT2D eigenvalue weighted by molar-refractivity contribution is 0.0132. The highest BCUT2D eigenvalue weighted by Gasteiger charge is 2.22. The van der Waals surface area contributed by atoms with E-state index in [0.29, 0.717) is 18.5 Å². The summed E-state index contributed by atoms with van der Waals surface area (Å²) in [6, 6.07) is 0.486. The highest BCUT2D eigenvalue weighted by molar-refractivity contribution is 5.79. The van der Waals surface area contributed by atoms with Crippen molar-refractivity contribution in [2.24, 2.45) is 18.0 Å². The van der Waals surface area contributed by atoms with E-state index in [-0.39, 0.29) is 0 Å². The van der Waals surface area contributed by atoms with Crippen molar-refractivity contribution < 1.29 is 4.74 Å². The Balaban J connectivity index is 1.97. The maximum absolute atomic E-state index is 5.51. The molecule has 1 saturated heterocycles. The van der Waals surface area contributed by atoms with Crippen molar-refractivity contribution in [3.8, 4) is 0 Å². The van der Waals surface area contributed by atoms with Gasteiger partial charge in [-0.3, -0.25) is 4.90 Å². The van der Waals surface area contributed by atoms with Crippen LogP contribution in [0.1, 0.15) is 38.8 Å². The van der Waals surface area contributed by atoms with Crippen molar-refractivity contribution in [2.75, 3.05) is 39.4 Å². The minimum atomic E-state index is 0.486. The Morgan fingerprint density at radius 1 is 1.23 bits per heavy atom. The minimum absolute atomic E-state index is 0.486. The fourth-order valence-corrected chi connectivity index (χ4v) is 3.14. The van der Waals surface area contributed by atoms with E-state index in [1.165, 1.54) is 0 Å². The van der Waals surface area contributed by atoms with Crippen LogP contribution in [0.3, 0.4) is 0 Å². The number of aliphatic imine (C=N–C) groups is 1. The molecule has 1 atom stereocenters. The van der Waals surface area contributed by atoms with Crippen molar-refractivity contribution in [3.05, 3.63) is 11.6 Å². The van der Waals surface area contributed by atoms with E-state index in [4.69, 9.17) is 4.74 Å². The summed E-state index contributed by atoms with van der Waals surface area (Å²) in [4.78, 5) is 7.22. The van der Waals surface area contributed by atoms with Crippen molar-refractivity contribution in [1.29, 1.82) is 0 Å². The number of rotatable bonds is 8. The minimum Gasteiger partial charge on any atom is -0.379 e. The molecule has 0 aliphatic carbocycles. The molecule has 1 aliphatic heterocycles. The van der Waals surface area contributed by atoms with Gasteiger partial charge in [0.15, 0.2) is 11.8 Å². The first-order valence-corrected chi connectivity index (χ1v) is 9.70. The predicted molar refractivity (Wildman–Crippen MR) is 104 cm³/mol. The zero-order chi connectivity index (χ0) is 18.9. The van der Waals surface area contributed by atoms with Gasteiger partial charge in [-0.05, 0) is 26.2 Å². The molecule has 8 nitrogen and oxygen atoms in total. The van der Waals surface area contributed by atoms with Gasteiger partial charge in [0.1, 0.15) is 12.4 Å². The Kier molecular flexibility index (Phi) is 8.31. The Morgan fingerprint density at radius 2 is 1.96 bits per heavy atom. The number of hydrogen-bond donors (Lipinski definition) is 2. The summed E-state index contributed by atoms with van der Waals surface area (Å²) < 4.78 is 7.48. The summed E-state index contributed by atoms with van der Waals surface area (Å²) >= 11 is 0. The number of aryl methyl sites for hydroxylation is 1. The molecule has 0 bridgehead atoms. The smallest absolute Gasteiger partial charge is 0.191 e. The molecule has 0 radical (unpaired) electrons. The van der Waals surface area contributed by atoms with Crippen LogP contribution in [-0.2, 0) is 18.3 Å². The average molecular weight is 366 g/mol. The van der Waals surface area contributed by atoms with Gasteiger partial charge < -0.3 is 19.9 Å². The second-order valence-electron chi connectivity index (χ2n) is 7.23. The molecule has 1 aliphatic rings. The van der Waals surface area contributed by atoms with Crippen molar-refractivity contribution >= 4 is 5.96 Å². The molecule has 2 heterocycles. The van der Waals surface area contributed by atoms with Gasteiger partial charge in [0.2, 0.25) is 0 Å². The largest absolute Gasteiger partial charge is 0.379 e. The van der Waals surface area contributed by atoms with Crippen molar-refractivity contribution in [1.82, 2.24) is 30.3 Å². The summed E-state index contributed by atoms with van der Waals surface area (Å²) in [7, 11) is 1.97. The van der Waals surface area contributed by atoms with E-state index >= 15 is 0 Å². The molecule has 1 fully saturated rings. The van der Waals surface area contributed by atoms with Crippen LogP contribution in [0.4, 0.5) is 0 Å². The van der Waals surface area contributed by atoms with Crippen molar-refractivity contribution in [2.45, 2.75) is 46.7 Å². The molecule has 2 N–H and O–H groups in total. The van der Waals surface area contributed by atoms with E-state index in [1.807, 2.05) is 18.5 Å². The van der Waals surface area contributed by atoms with Crippen LogP contribution >= 0.6 is 0 Å². The molecule has 0 saturated carbocycles. The molecular weight excluding hydrogens is 330 g/mol. The lowest BCUT2D eigenvalue weighted by atomic mass is 10.0. The number of guanidine groups is 1. The molecule has 0 spiro atoms. The number of morpholine rings is 1. The molecule has 0 amide bonds. The van der Waals surface area contributed by atoms with Crippen LogP contribution in [0.2, 0.25) is 0 Å². The summed E-state index contributed by atoms with van der Waals surface area (Å²) in [6.07, 6.45) is 1.16. The lowest BCUT2D eigenvalue weighted by Crippen LogP contribution is -2.51. The van der Waals surface area contributed by atoms with E-state index in [0.717, 1.165) is 63.4 Å². The van der Waals surface area contributed by atoms with Crippen LogP contribution in [-0.4, -0.2) is 71.1 Å². The number of ether oxygens (including phenoxy) is 1. The van der Waals surface area contributed by atoms with Gasteiger partial charge in [0.05, 0.1) is 13.2 Å². The number of nitrogens with one attached hydrogen (secondary N) is 2. The predicted octanol–water partition coefficient (Wildman–Crippen LogP) is 0.926. The number of aromatic nitrogens is 3. The van der Waals surface area contributed by atoms with Crippen molar-refractivity contribution in [3.63, 3.8) is 0 Å². The average Bonchev–Trinajstić information content (AvgIpc) is 2.95. The summed E-state index contributed by atoms with van der Waals surface area (Å²) in [5.74, 6) is 3.25. The van der Waals surface area contributed by atoms with Crippen LogP contribution in [0.15, 0.2) is 4.99 Å². The third-order valence-electron chi connectivity index (χ3n) is 4.72. The monoisotopic (exact) mass is 365 g/mol. The van der Waals surface area contributed by atoms with E-state index in [2.05, 4.69) is 51.5 Å². The zero-order valence-electron chi connectivity index (χ0n) is 17.0.